The van der Waals surface area contributed by atoms with Crippen molar-refractivity contribution in [2.24, 2.45) is 5.92 Å². The van der Waals surface area contributed by atoms with E-state index in [9.17, 15) is 19.2 Å². The summed E-state index contributed by atoms with van der Waals surface area (Å²) >= 11 is 0. The molecule has 1 aliphatic rings. The average molecular weight is 421 g/mol. The van der Waals surface area contributed by atoms with E-state index in [1.807, 2.05) is 0 Å². The van der Waals surface area contributed by atoms with Crippen LogP contribution in [0.4, 0.5) is 11.4 Å². The first-order valence-electron chi connectivity index (χ1n) is 10.5. The number of Topliss-reactive ketones (excluding diaryl/α,β-unsaturated/α-hetero) is 1. The molecule has 1 saturated heterocycles. The summed E-state index contributed by atoms with van der Waals surface area (Å²) in [5.74, 6) is -0.843. The lowest BCUT2D eigenvalue weighted by molar-refractivity contribution is -0.128. The molecule has 0 saturated carbocycles. The molecule has 1 aliphatic heterocycles. The van der Waals surface area contributed by atoms with E-state index in [1.54, 1.807) is 53.4 Å². The lowest BCUT2D eigenvalue weighted by atomic mass is 10.1. The Labute approximate surface area is 181 Å². The van der Waals surface area contributed by atoms with Crippen molar-refractivity contribution in [3.05, 3.63) is 59.7 Å². The highest BCUT2D eigenvalue weighted by molar-refractivity contribution is 6.05. The Morgan fingerprint density at radius 1 is 0.935 bits per heavy atom. The Morgan fingerprint density at radius 3 is 2.10 bits per heavy atom. The molecule has 2 N–H and O–H groups in total. The zero-order chi connectivity index (χ0) is 22.4. The normalized spacial score (nSPS) is 15.6. The van der Waals surface area contributed by atoms with Gasteiger partial charge < -0.3 is 15.5 Å². The number of amides is 3. The van der Waals surface area contributed by atoms with Crippen molar-refractivity contribution in [2.75, 3.05) is 23.7 Å². The zero-order valence-electron chi connectivity index (χ0n) is 17.8. The molecular weight excluding hydrogens is 394 g/mol. The maximum atomic E-state index is 12.5. The van der Waals surface area contributed by atoms with Crippen molar-refractivity contribution in [1.82, 2.24) is 4.90 Å². The van der Waals surface area contributed by atoms with Gasteiger partial charge in [0.05, 0.1) is 5.92 Å². The number of benzene rings is 2. The van der Waals surface area contributed by atoms with Crippen LogP contribution in [0.3, 0.4) is 0 Å². The highest BCUT2D eigenvalue weighted by Gasteiger charge is 2.33. The largest absolute Gasteiger partial charge is 0.342 e. The lowest BCUT2D eigenvalue weighted by Gasteiger charge is -2.16. The molecule has 0 radical (unpaired) electrons. The molecule has 7 nitrogen and oxygen atoms in total. The van der Waals surface area contributed by atoms with Crippen molar-refractivity contribution in [3.8, 4) is 0 Å². The predicted molar refractivity (Wildman–Crippen MR) is 119 cm³/mol. The van der Waals surface area contributed by atoms with E-state index in [1.165, 1.54) is 6.92 Å². The van der Waals surface area contributed by atoms with E-state index in [0.29, 0.717) is 35.6 Å². The molecule has 0 aliphatic carbocycles. The summed E-state index contributed by atoms with van der Waals surface area (Å²) in [6.07, 6.45) is 2.17. The number of carbonyl (C=O) groups excluding carboxylic acids is 4. The summed E-state index contributed by atoms with van der Waals surface area (Å²) in [7, 11) is 0. The fourth-order valence-corrected chi connectivity index (χ4v) is 3.45. The maximum absolute atomic E-state index is 12.5. The molecule has 162 valence electrons. The standard InChI is InChI=1S/C24H27N3O4/c1-3-4-13-27-15-19(14-22(27)29)24(31)26-21-11-7-18(8-12-21)23(30)25-20-9-5-17(6-10-20)16(2)28/h5-12,19H,3-4,13-15H2,1-2H3,(H,25,30)(H,26,31)/t19-/m1/s1. The number of hydrogen-bond donors (Lipinski definition) is 2. The number of carbonyl (C=O) groups is 4. The number of ketones is 1. The van der Waals surface area contributed by atoms with Crippen LogP contribution < -0.4 is 10.6 Å². The van der Waals surface area contributed by atoms with Gasteiger partial charge in [0.1, 0.15) is 0 Å². The van der Waals surface area contributed by atoms with Crippen LogP contribution in [0.1, 0.15) is 53.8 Å². The predicted octanol–water partition coefficient (Wildman–Crippen LogP) is 3.73. The second kappa shape index (κ2) is 10.0. The van der Waals surface area contributed by atoms with E-state index in [4.69, 9.17) is 0 Å². The first-order valence-corrected chi connectivity index (χ1v) is 10.5. The van der Waals surface area contributed by atoms with Crippen molar-refractivity contribution in [3.63, 3.8) is 0 Å². The molecule has 3 amide bonds. The molecule has 3 rings (SSSR count). The average Bonchev–Trinajstić information content (AvgIpc) is 3.13. The molecule has 0 spiro atoms. The number of anilines is 2. The summed E-state index contributed by atoms with van der Waals surface area (Å²) in [5.41, 5.74) is 2.18. The number of hydrogen-bond acceptors (Lipinski definition) is 4. The van der Waals surface area contributed by atoms with Gasteiger partial charge >= 0.3 is 0 Å². The number of rotatable bonds is 8. The van der Waals surface area contributed by atoms with E-state index in [2.05, 4.69) is 17.6 Å². The van der Waals surface area contributed by atoms with Gasteiger partial charge in [0.25, 0.3) is 5.91 Å². The van der Waals surface area contributed by atoms with Crippen LogP contribution >= 0.6 is 0 Å². The minimum absolute atomic E-state index is 0.0250. The van der Waals surface area contributed by atoms with E-state index in [0.717, 1.165) is 12.8 Å². The summed E-state index contributed by atoms with van der Waals surface area (Å²) < 4.78 is 0. The molecule has 31 heavy (non-hydrogen) atoms. The van der Waals surface area contributed by atoms with Crippen molar-refractivity contribution in [2.45, 2.75) is 33.1 Å². The van der Waals surface area contributed by atoms with Crippen LogP contribution in [0.15, 0.2) is 48.5 Å². The quantitative estimate of drug-likeness (QED) is 0.635. The molecule has 1 atom stereocenters. The lowest BCUT2D eigenvalue weighted by Crippen LogP contribution is -2.29. The van der Waals surface area contributed by atoms with Crippen molar-refractivity contribution in [1.29, 1.82) is 0 Å². The molecule has 7 heteroatoms. The fraction of sp³-hybridized carbons (Fsp3) is 0.333. The Morgan fingerprint density at radius 2 is 1.52 bits per heavy atom. The van der Waals surface area contributed by atoms with E-state index >= 15 is 0 Å². The molecule has 0 unspecified atom stereocenters. The first kappa shape index (κ1) is 22.2. The van der Waals surface area contributed by atoms with Gasteiger partial charge in [-0.05, 0) is 61.9 Å². The van der Waals surface area contributed by atoms with Gasteiger partial charge in [-0.25, -0.2) is 0 Å². The zero-order valence-corrected chi connectivity index (χ0v) is 17.8. The SMILES string of the molecule is CCCCN1C[C@H](C(=O)Nc2ccc(C(=O)Nc3ccc(C(C)=O)cc3)cc2)CC1=O. The second-order valence-electron chi connectivity index (χ2n) is 7.75. The second-order valence-corrected chi connectivity index (χ2v) is 7.75. The fourth-order valence-electron chi connectivity index (χ4n) is 3.45. The van der Waals surface area contributed by atoms with Gasteiger partial charge in [0.2, 0.25) is 11.8 Å². The third kappa shape index (κ3) is 5.78. The summed E-state index contributed by atoms with van der Waals surface area (Å²) in [6, 6.07) is 13.3. The van der Waals surface area contributed by atoms with Gasteiger partial charge in [0.15, 0.2) is 5.78 Å². The Hall–Kier alpha value is -3.48. The third-order valence-corrected chi connectivity index (χ3v) is 5.33. The summed E-state index contributed by atoms with van der Waals surface area (Å²) in [4.78, 5) is 50.1. The van der Waals surface area contributed by atoms with Crippen molar-refractivity contribution >= 4 is 34.9 Å². The molecule has 2 aromatic carbocycles. The van der Waals surface area contributed by atoms with Crippen LogP contribution in [0.5, 0.6) is 0 Å². The van der Waals surface area contributed by atoms with Crippen LogP contribution in [0, 0.1) is 5.92 Å². The summed E-state index contributed by atoms with van der Waals surface area (Å²) in [5, 5.41) is 5.61. The smallest absolute Gasteiger partial charge is 0.255 e. The third-order valence-electron chi connectivity index (χ3n) is 5.33. The monoisotopic (exact) mass is 421 g/mol. The van der Waals surface area contributed by atoms with Gasteiger partial charge in [-0.15, -0.1) is 0 Å². The van der Waals surface area contributed by atoms with Gasteiger partial charge in [-0.3, -0.25) is 19.2 Å². The topological polar surface area (TPSA) is 95.6 Å². The molecule has 2 aromatic rings. The van der Waals surface area contributed by atoms with E-state index in [-0.39, 0.29) is 35.8 Å². The maximum Gasteiger partial charge on any atom is 0.255 e. The number of unbranched alkanes of at least 4 members (excludes halogenated alkanes) is 1. The number of nitrogens with one attached hydrogen (secondary N) is 2. The Bertz CT molecular complexity index is 967. The van der Waals surface area contributed by atoms with E-state index < -0.39 is 0 Å². The van der Waals surface area contributed by atoms with Crippen LogP contribution in [0.2, 0.25) is 0 Å². The van der Waals surface area contributed by atoms with Gasteiger partial charge in [0, 0.05) is 42.0 Å². The van der Waals surface area contributed by atoms with Crippen molar-refractivity contribution < 1.29 is 19.2 Å². The van der Waals surface area contributed by atoms with Gasteiger partial charge in [-0.1, -0.05) is 13.3 Å². The van der Waals surface area contributed by atoms with Crippen LogP contribution in [-0.4, -0.2) is 41.5 Å². The minimum atomic E-state index is -0.356. The van der Waals surface area contributed by atoms with Crippen LogP contribution in [0.25, 0.3) is 0 Å². The summed E-state index contributed by atoms with van der Waals surface area (Å²) in [6.45, 7) is 4.70. The minimum Gasteiger partial charge on any atom is -0.342 e. The highest BCUT2D eigenvalue weighted by Crippen LogP contribution is 2.21. The molecule has 0 aromatic heterocycles. The highest BCUT2D eigenvalue weighted by atomic mass is 16.2. The number of likely N-dealkylation sites (tertiary alicyclic amines) is 1. The molecule has 1 fully saturated rings. The van der Waals surface area contributed by atoms with Crippen LogP contribution in [-0.2, 0) is 9.59 Å². The molecule has 1 heterocycles. The van der Waals surface area contributed by atoms with Gasteiger partial charge in [-0.2, -0.15) is 0 Å². The Kier molecular flexibility index (Phi) is 7.18. The first-order chi connectivity index (χ1) is 14.9. The molecule has 0 bridgehead atoms. The Balaban J connectivity index is 1.55. The molecular formula is C24H27N3O4. The number of nitrogens with zero attached hydrogens (tertiary/aromatic N) is 1.